The standard InChI is InChI=1S/C5H4N2O4/c8-2-6-4(7-3-9)1-5(10)11/h4H,1H2,(H,10,11). The van der Waals surface area contributed by atoms with Crippen molar-refractivity contribution in [2.24, 2.45) is 9.98 Å². The predicted octanol–water partition coefficient (Wildman–Crippen LogP) is -0.541. The van der Waals surface area contributed by atoms with Crippen LogP contribution in [0.2, 0.25) is 0 Å². The van der Waals surface area contributed by atoms with Gasteiger partial charge in [-0.2, -0.15) is 9.98 Å². The molecular formula is C5H4N2O4. The molecule has 0 radical (unpaired) electrons. The van der Waals surface area contributed by atoms with Crippen LogP contribution < -0.4 is 0 Å². The second-order valence-corrected chi connectivity index (χ2v) is 1.52. The lowest BCUT2D eigenvalue weighted by molar-refractivity contribution is -0.137. The summed E-state index contributed by atoms with van der Waals surface area (Å²) in [6, 6.07) is 0. The summed E-state index contributed by atoms with van der Waals surface area (Å²) in [5.41, 5.74) is 0. The minimum atomic E-state index is -1.20. The van der Waals surface area contributed by atoms with Gasteiger partial charge in [-0.25, -0.2) is 9.59 Å². The van der Waals surface area contributed by atoms with E-state index in [2.05, 4.69) is 9.98 Å². The zero-order valence-electron chi connectivity index (χ0n) is 5.35. The van der Waals surface area contributed by atoms with E-state index in [0.29, 0.717) is 0 Å². The van der Waals surface area contributed by atoms with Crippen LogP contribution in [0.4, 0.5) is 0 Å². The van der Waals surface area contributed by atoms with Crippen molar-refractivity contribution >= 4 is 18.1 Å². The highest BCUT2D eigenvalue weighted by molar-refractivity contribution is 5.67. The maximum absolute atomic E-state index is 9.98. The van der Waals surface area contributed by atoms with Crippen LogP contribution in [0, 0.1) is 0 Å². The van der Waals surface area contributed by atoms with Crippen molar-refractivity contribution in [2.75, 3.05) is 0 Å². The Balaban J connectivity index is 4.21. The first kappa shape index (κ1) is 9.23. The smallest absolute Gasteiger partial charge is 0.307 e. The second kappa shape index (κ2) is 5.05. The number of hydrogen-bond donors (Lipinski definition) is 1. The van der Waals surface area contributed by atoms with E-state index in [9.17, 15) is 14.4 Å². The van der Waals surface area contributed by atoms with Gasteiger partial charge in [0.05, 0.1) is 6.42 Å². The normalized spacial score (nSPS) is 10.5. The van der Waals surface area contributed by atoms with Gasteiger partial charge >= 0.3 is 5.97 Å². The van der Waals surface area contributed by atoms with Crippen LogP contribution in [0.15, 0.2) is 9.98 Å². The van der Waals surface area contributed by atoms with Crippen molar-refractivity contribution in [3.63, 3.8) is 0 Å². The molecule has 6 heteroatoms. The van der Waals surface area contributed by atoms with Crippen LogP contribution >= 0.6 is 0 Å². The molecule has 0 atom stereocenters. The van der Waals surface area contributed by atoms with Crippen molar-refractivity contribution in [3.8, 4) is 0 Å². The van der Waals surface area contributed by atoms with E-state index >= 15 is 0 Å². The van der Waals surface area contributed by atoms with E-state index in [4.69, 9.17) is 5.11 Å². The van der Waals surface area contributed by atoms with Gasteiger partial charge in [-0.1, -0.05) is 0 Å². The van der Waals surface area contributed by atoms with Crippen LogP contribution in [0.5, 0.6) is 0 Å². The molecule has 0 aliphatic rings. The van der Waals surface area contributed by atoms with Crippen molar-refractivity contribution in [3.05, 3.63) is 0 Å². The molecule has 0 heterocycles. The Hall–Kier alpha value is -1.77. The molecule has 0 aromatic carbocycles. The number of rotatable bonds is 4. The zero-order valence-corrected chi connectivity index (χ0v) is 5.35. The maximum atomic E-state index is 9.98. The number of isocyanates is 2. The Morgan fingerprint density at radius 2 is 1.82 bits per heavy atom. The molecule has 0 bridgehead atoms. The minimum absolute atomic E-state index is 0.509. The quantitative estimate of drug-likeness (QED) is 0.436. The highest BCUT2D eigenvalue weighted by Crippen LogP contribution is 1.96. The van der Waals surface area contributed by atoms with Gasteiger partial charge in [0.1, 0.15) is 0 Å². The van der Waals surface area contributed by atoms with E-state index in [-0.39, 0.29) is 0 Å². The van der Waals surface area contributed by atoms with Crippen LogP contribution in [0.3, 0.4) is 0 Å². The molecule has 0 saturated carbocycles. The molecule has 6 nitrogen and oxygen atoms in total. The van der Waals surface area contributed by atoms with E-state index in [1.165, 1.54) is 0 Å². The molecule has 0 fully saturated rings. The number of nitrogens with zero attached hydrogens (tertiary/aromatic N) is 2. The Bertz CT molecular complexity index is 219. The summed E-state index contributed by atoms with van der Waals surface area (Å²) in [5.74, 6) is -1.20. The van der Waals surface area contributed by atoms with Crippen LogP contribution in [0.25, 0.3) is 0 Å². The lowest BCUT2D eigenvalue weighted by Crippen LogP contribution is -2.07. The minimum Gasteiger partial charge on any atom is -0.481 e. The highest BCUT2D eigenvalue weighted by atomic mass is 16.4. The van der Waals surface area contributed by atoms with Gasteiger partial charge in [0.15, 0.2) is 6.17 Å². The number of carbonyl (C=O) groups is 1. The van der Waals surface area contributed by atoms with Crippen molar-refractivity contribution in [1.29, 1.82) is 0 Å². The molecule has 0 saturated heterocycles. The van der Waals surface area contributed by atoms with E-state index in [1.54, 1.807) is 0 Å². The predicted molar refractivity (Wildman–Crippen MR) is 32.3 cm³/mol. The first-order valence-electron chi connectivity index (χ1n) is 2.56. The van der Waals surface area contributed by atoms with Crippen molar-refractivity contribution in [1.82, 2.24) is 0 Å². The van der Waals surface area contributed by atoms with E-state index in [1.807, 2.05) is 0 Å². The van der Waals surface area contributed by atoms with Crippen LogP contribution in [-0.2, 0) is 14.4 Å². The van der Waals surface area contributed by atoms with E-state index < -0.39 is 18.6 Å². The van der Waals surface area contributed by atoms with Crippen molar-refractivity contribution < 1.29 is 19.5 Å². The molecule has 0 aromatic heterocycles. The number of carbonyl (C=O) groups excluding carboxylic acids is 2. The van der Waals surface area contributed by atoms with Gasteiger partial charge in [0, 0.05) is 0 Å². The third kappa shape index (κ3) is 4.72. The van der Waals surface area contributed by atoms with Crippen molar-refractivity contribution in [2.45, 2.75) is 12.6 Å². The molecule has 0 spiro atoms. The maximum Gasteiger partial charge on any atom is 0.307 e. The highest BCUT2D eigenvalue weighted by Gasteiger charge is 2.08. The summed E-state index contributed by atoms with van der Waals surface area (Å²) in [5, 5.41) is 8.16. The monoisotopic (exact) mass is 156 g/mol. The molecule has 0 unspecified atom stereocenters. The van der Waals surface area contributed by atoms with E-state index in [0.717, 1.165) is 12.2 Å². The number of carboxylic acid groups (broad SMARTS) is 1. The summed E-state index contributed by atoms with van der Waals surface area (Å²) in [6.45, 7) is 0. The average molecular weight is 156 g/mol. The first-order valence-corrected chi connectivity index (χ1v) is 2.56. The number of carboxylic acids is 1. The summed E-state index contributed by atoms with van der Waals surface area (Å²) in [7, 11) is 0. The summed E-state index contributed by atoms with van der Waals surface area (Å²) in [4.78, 5) is 35.1. The Morgan fingerprint density at radius 3 is 2.09 bits per heavy atom. The molecular weight excluding hydrogens is 152 g/mol. The zero-order chi connectivity index (χ0) is 8.69. The molecule has 11 heavy (non-hydrogen) atoms. The summed E-state index contributed by atoms with van der Waals surface area (Å²) >= 11 is 0. The fourth-order valence-electron chi connectivity index (χ4n) is 0.398. The largest absolute Gasteiger partial charge is 0.481 e. The number of hydrogen-bond acceptors (Lipinski definition) is 5. The third-order valence-corrected chi connectivity index (χ3v) is 0.761. The molecule has 0 aliphatic heterocycles. The van der Waals surface area contributed by atoms with Gasteiger partial charge in [0.25, 0.3) is 0 Å². The lowest BCUT2D eigenvalue weighted by Gasteiger charge is -1.95. The third-order valence-electron chi connectivity index (χ3n) is 0.761. The molecule has 1 N–H and O–H groups in total. The Kier molecular flexibility index (Phi) is 4.24. The average Bonchev–Trinajstić information content (AvgIpc) is 1.87. The molecule has 58 valence electrons. The Labute approximate surface area is 61.3 Å². The SMILES string of the molecule is O=C=NC(CC(=O)O)N=C=O. The van der Waals surface area contributed by atoms with Gasteiger partial charge in [0.2, 0.25) is 12.2 Å². The van der Waals surface area contributed by atoms with Gasteiger partial charge in [-0.15, -0.1) is 0 Å². The van der Waals surface area contributed by atoms with Gasteiger partial charge < -0.3 is 5.11 Å². The lowest BCUT2D eigenvalue weighted by atomic mass is 10.4. The molecule has 0 aromatic rings. The second-order valence-electron chi connectivity index (χ2n) is 1.52. The summed E-state index contributed by atoms with van der Waals surface area (Å²) < 4.78 is 0. The van der Waals surface area contributed by atoms with Crippen LogP contribution in [0.1, 0.15) is 6.42 Å². The molecule has 0 aliphatic carbocycles. The first-order chi connectivity index (χ1) is 5.20. The topological polar surface area (TPSA) is 96.2 Å². The number of aliphatic imine (C=N–C) groups is 2. The summed E-state index contributed by atoms with van der Waals surface area (Å²) in [6.07, 6.45) is 0.492. The fraction of sp³-hybridized carbons (Fsp3) is 0.400. The molecule has 0 rings (SSSR count). The number of aliphatic carboxylic acids is 1. The van der Waals surface area contributed by atoms with Gasteiger partial charge in [-0.3, -0.25) is 4.79 Å². The fourth-order valence-corrected chi connectivity index (χ4v) is 0.398. The molecule has 0 amide bonds. The van der Waals surface area contributed by atoms with Gasteiger partial charge in [-0.05, 0) is 0 Å². The Morgan fingerprint density at radius 1 is 1.36 bits per heavy atom. The van der Waals surface area contributed by atoms with Crippen LogP contribution in [-0.4, -0.2) is 29.4 Å².